The van der Waals surface area contributed by atoms with Crippen LogP contribution >= 0.6 is 0 Å². The van der Waals surface area contributed by atoms with Gasteiger partial charge in [-0.25, -0.2) is 0 Å². The van der Waals surface area contributed by atoms with E-state index >= 15 is 0 Å². The molecule has 2 bridgehead atoms. The van der Waals surface area contributed by atoms with Crippen molar-refractivity contribution in [2.24, 2.45) is 63.9 Å². The van der Waals surface area contributed by atoms with E-state index < -0.39 is 0 Å². The van der Waals surface area contributed by atoms with Crippen molar-refractivity contribution < 1.29 is 0 Å². The zero-order chi connectivity index (χ0) is 36.6. The molecular formula is C48H91N. The standard InChI is InChI=1S/C48H91N/c1-13-27-48(17-5,46(16-4)36(6)7)44(34-42(29-37(8)14-2)30-38(9)15-3)31-40(11)25-26-43-33-41-23-21-24-45(49)32-39(10)22-19-18-20-28-47(43,12)35-41/h14,31,36,38-39,41-46H,13,15-30,32-35,49H2,1-12H3. The Kier molecular flexibility index (Phi) is 20.5. The molecule has 0 aliphatic heterocycles. The van der Waals surface area contributed by atoms with E-state index in [2.05, 4.69) is 95.2 Å². The van der Waals surface area contributed by atoms with E-state index in [9.17, 15) is 0 Å². The van der Waals surface area contributed by atoms with Gasteiger partial charge in [-0.1, -0.05) is 143 Å². The molecule has 10 atom stereocenters. The molecule has 1 heteroatoms. The lowest BCUT2D eigenvalue weighted by Crippen LogP contribution is -2.40. The van der Waals surface area contributed by atoms with Crippen LogP contribution in [0, 0.1) is 58.2 Å². The summed E-state index contributed by atoms with van der Waals surface area (Å²) < 4.78 is 0. The largest absolute Gasteiger partial charge is 0.328 e. The molecule has 2 aliphatic rings. The van der Waals surface area contributed by atoms with Crippen LogP contribution in [0.2, 0.25) is 0 Å². The topological polar surface area (TPSA) is 26.0 Å². The van der Waals surface area contributed by atoms with Crippen LogP contribution in [0.1, 0.15) is 218 Å². The van der Waals surface area contributed by atoms with Gasteiger partial charge >= 0.3 is 0 Å². The molecule has 2 fully saturated rings. The van der Waals surface area contributed by atoms with Crippen molar-refractivity contribution in [2.75, 3.05) is 0 Å². The normalized spacial score (nSPS) is 30.4. The summed E-state index contributed by atoms with van der Waals surface area (Å²) in [7, 11) is 0. The number of hydrogen-bond acceptors (Lipinski definition) is 1. The minimum Gasteiger partial charge on any atom is -0.328 e. The Morgan fingerprint density at radius 1 is 0.898 bits per heavy atom. The summed E-state index contributed by atoms with van der Waals surface area (Å²) >= 11 is 0. The number of rotatable bonds is 18. The summed E-state index contributed by atoms with van der Waals surface area (Å²) in [5.74, 6) is 6.38. The van der Waals surface area contributed by atoms with Crippen LogP contribution < -0.4 is 5.73 Å². The van der Waals surface area contributed by atoms with Gasteiger partial charge < -0.3 is 5.73 Å². The lowest BCUT2D eigenvalue weighted by molar-refractivity contribution is 0.0280. The van der Waals surface area contributed by atoms with Gasteiger partial charge in [-0.2, -0.15) is 0 Å². The van der Waals surface area contributed by atoms with Gasteiger partial charge in [0, 0.05) is 6.04 Å². The van der Waals surface area contributed by atoms with Crippen molar-refractivity contribution in [1.82, 2.24) is 0 Å². The van der Waals surface area contributed by atoms with E-state index in [4.69, 9.17) is 5.73 Å². The van der Waals surface area contributed by atoms with Gasteiger partial charge in [-0.3, -0.25) is 0 Å². The van der Waals surface area contributed by atoms with Crippen molar-refractivity contribution in [3.05, 3.63) is 23.3 Å². The molecule has 49 heavy (non-hydrogen) atoms. The highest BCUT2D eigenvalue weighted by Crippen LogP contribution is 2.54. The van der Waals surface area contributed by atoms with Crippen LogP contribution in [0.5, 0.6) is 0 Å². The SMILES string of the molecule is CC=C(C)CC(CC(C)CC)CC(C=C(C)CCC1CC2CCCC(N)CC(C)CCCCCC1(C)C2)C(CC)(CCC)C(CC)C(C)C. The Balaban J connectivity index is 2.40. The van der Waals surface area contributed by atoms with Gasteiger partial charge in [-0.15, -0.1) is 0 Å². The van der Waals surface area contributed by atoms with Crippen molar-refractivity contribution >= 4 is 0 Å². The van der Waals surface area contributed by atoms with Gasteiger partial charge in [0.25, 0.3) is 0 Å². The zero-order valence-electron chi connectivity index (χ0n) is 35.8. The molecule has 0 aromatic carbocycles. The fraction of sp³-hybridized carbons (Fsp3) is 0.917. The molecule has 2 N–H and O–H groups in total. The molecule has 2 rings (SSSR count). The van der Waals surface area contributed by atoms with Crippen molar-refractivity contribution in [2.45, 2.75) is 224 Å². The van der Waals surface area contributed by atoms with Gasteiger partial charge in [0.2, 0.25) is 0 Å². The molecule has 10 unspecified atom stereocenters. The molecule has 0 spiro atoms. The Bertz CT molecular complexity index is 943. The first-order valence-corrected chi connectivity index (χ1v) is 22.3. The molecule has 1 nitrogen and oxygen atoms in total. The van der Waals surface area contributed by atoms with Crippen molar-refractivity contribution in [3.63, 3.8) is 0 Å². The Hall–Kier alpha value is -0.560. The minimum absolute atomic E-state index is 0.394. The molecular weight excluding hydrogens is 591 g/mol. The molecule has 0 aromatic heterocycles. The number of nitrogens with two attached hydrogens (primary N) is 1. The zero-order valence-corrected chi connectivity index (χ0v) is 35.8. The molecule has 0 heterocycles. The van der Waals surface area contributed by atoms with Crippen LogP contribution in [0.25, 0.3) is 0 Å². The number of fused-ring (bicyclic) bond motifs is 2. The highest BCUT2D eigenvalue weighted by Gasteiger charge is 2.44. The molecule has 0 saturated heterocycles. The molecule has 2 saturated carbocycles. The van der Waals surface area contributed by atoms with Gasteiger partial charge in [0.1, 0.15) is 0 Å². The van der Waals surface area contributed by atoms with Gasteiger partial charge in [-0.05, 0) is 156 Å². The average Bonchev–Trinajstić information content (AvgIpc) is 3.36. The maximum absolute atomic E-state index is 6.63. The fourth-order valence-corrected chi connectivity index (χ4v) is 11.8. The van der Waals surface area contributed by atoms with E-state index in [0.717, 1.165) is 41.4 Å². The van der Waals surface area contributed by atoms with Crippen molar-refractivity contribution in [3.8, 4) is 0 Å². The number of allylic oxidation sites excluding steroid dienone is 4. The maximum Gasteiger partial charge on any atom is 0.00413 e. The molecule has 0 radical (unpaired) electrons. The molecule has 0 amide bonds. The predicted octanol–water partition coefficient (Wildman–Crippen LogP) is 15.5. The van der Waals surface area contributed by atoms with E-state index in [1.165, 1.54) is 135 Å². The highest BCUT2D eigenvalue weighted by molar-refractivity contribution is 5.10. The summed E-state index contributed by atoms with van der Waals surface area (Å²) in [4.78, 5) is 0. The van der Waals surface area contributed by atoms with Gasteiger partial charge in [0.05, 0.1) is 0 Å². The van der Waals surface area contributed by atoms with Crippen LogP contribution in [0.4, 0.5) is 0 Å². The van der Waals surface area contributed by atoms with E-state index in [-0.39, 0.29) is 0 Å². The average molecular weight is 682 g/mol. The summed E-state index contributed by atoms with van der Waals surface area (Å²) in [5, 5.41) is 0. The number of hydrogen-bond donors (Lipinski definition) is 1. The third kappa shape index (κ3) is 14.1. The smallest absolute Gasteiger partial charge is 0.00413 e. The third-order valence-corrected chi connectivity index (χ3v) is 14.8. The van der Waals surface area contributed by atoms with E-state index in [1.54, 1.807) is 11.1 Å². The summed E-state index contributed by atoms with van der Waals surface area (Å²) in [5.41, 5.74) is 10.9. The maximum atomic E-state index is 6.63. The van der Waals surface area contributed by atoms with E-state index in [0.29, 0.717) is 22.8 Å². The van der Waals surface area contributed by atoms with Crippen LogP contribution in [-0.2, 0) is 0 Å². The van der Waals surface area contributed by atoms with Crippen LogP contribution in [0.15, 0.2) is 23.3 Å². The second-order valence-electron chi connectivity index (χ2n) is 19.2. The molecule has 2 aliphatic carbocycles. The van der Waals surface area contributed by atoms with Crippen molar-refractivity contribution in [1.29, 1.82) is 0 Å². The lowest BCUT2D eigenvalue weighted by atomic mass is 9.56. The monoisotopic (exact) mass is 682 g/mol. The van der Waals surface area contributed by atoms with Gasteiger partial charge in [0.15, 0.2) is 0 Å². The summed E-state index contributed by atoms with van der Waals surface area (Å²) in [6, 6.07) is 0.417. The predicted molar refractivity (Wildman–Crippen MR) is 222 cm³/mol. The Morgan fingerprint density at radius 3 is 2.24 bits per heavy atom. The Morgan fingerprint density at radius 2 is 1.63 bits per heavy atom. The quantitative estimate of drug-likeness (QED) is 0.143. The molecule has 288 valence electrons. The van der Waals surface area contributed by atoms with E-state index in [1.807, 2.05) is 0 Å². The summed E-state index contributed by atoms with van der Waals surface area (Å²) in [6.45, 7) is 29.8. The first kappa shape index (κ1) is 44.6. The Labute approximate surface area is 310 Å². The van der Waals surface area contributed by atoms with Crippen LogP contribution in [-0.4, -0.2) is 6.04 Å². The fourth-order valence-electron chi connectivity index (χ4n) is 11.8. The van der Waals surface area contributed by atoms with Crippen LogP contribution in [0.3, 0.4) is 0 Å². The highest BCUT2D eigenvalue weighted by atomic mass is 14.6. The first-order valence-electron chi connectivity index (χ1n) is 22.3. The second-order valence-corrected chi connectivity index (χ2v) is 19.2. The minimum atomic E-state index is 0.394. The lowest BCUT2D eigenvalue weighted by Gasteiger charge is -2.49. The second kappa shape index (κ2) is 22.5. The third-order valence-electron chi connectivity index (χ3n) is 14.8. The molecule has 0 aromatic rings. The first-order chi connectivity index (χ1) is 23.3. The summed E-state index contributed by atoms with van der Waals surface area (Å²) in [6.07, 6.45) is 33.9.